The second-order valence-corrected chi connectivity index (χ2v) is 3.36. The first-order valence-electron chi connectivity index (χ1n) is 5.11. The van der Waals surface area contributed by atoms with E-state index in [0.29, 0.717) is 6.04 Å². The molecular formula is C11H19N3. The third kappa shape index (κ3) is 2.70. The molecule has 0 spiro atoms. The Morgan fingerprint density at radius 2 is 2.50 bits per heavy atom. The Labute approximate surface area is 85.8 Å². The van der Waals surface area contributed by atoms with E-state index in [2.05, 4.69) is 30.0 Å². The Morgan fingerprint density at radius 3 is 3.00 bits per heavy atom. The average Bonchev–Trinajstić information content (AvgIpc) is 2.59. The Hall–Kier alpha value is -1.09. The van der Waals surface area contributed by atoms with Crippen LogP contribution in [0.15, 0.2) is 24.9 Å². The molecule has 3 nitrogen and oxygen atoms in total. The summed E-state index contributed by atoms with van der Waals surface area (Å²) in [5.41, 5.74) is 1.24. The molecule has 78 valence electrons. The third-order valence-electron chi connectivity index (χ3n) is 2.33. The standard InChI is InChI=1S/C11H19N3/c1-4-6-7-10(12-5-2)11-8-9-13-14(11)3/h4,8-10,12H,1,5-7H2,2-3H3. The lowest BCUT2D eigenvalue weighted by Gasteiger charge is -2.17. The Morgan fingerprint density at radius 1 is 1.71 bits per heavy atom. The minimum absolute atomic E-state index is 0.394. The van der Waals surface area contributed by atoms with Gasteiger partial charge in [-0.1, -0.05) is 13.0 Å². The zero-order valence-electron chi connectivity index (χ0n) is 9.03. The van der Waals surface area contributed by atoms with Gasteiger partial charge in [0.05, 0.1) is 5.69 Å². The van der Waals surface area contributed by atoms with Gasteiger partial charge in [0.2, 0.25) is 0 Å². The molecule has 14 heavy (non-hydrogen) atoms. The van der Waals surface area contributed by atoms with Crippen LogP contribution >= 0.6 is 0 Å². The first-order valence-corrected chi connectivity index (χ1v) is 5.11. The van der Waals surface area contributed by atoms with Gasteiger partial charge in [-0.2, -0.15) is 5.10 Å². The molecular weight excluding hydrogens is 174 g/mol. The summed E-state index contributed by atoms with van der Waals surface area (Å²) >= 11 is 0. The number of hydrogen-bond acceptors (Lipinski definition) is 2. The molecule has 0 amide bonds. The van der Waals surface area contributed by atoms with Crippen LogP contribution in [0.5, 0.6) is 0 Å². The summed E-state index contributed by atoms with van der Waals surface area (Å²) < 4.78 is 1.93. The van der Waals surface area contributed by atoms with E-state index >= 15 is 0 Å². The fourth-order valence-corrected chi connectivity index (χ4v) is 1.61. The molecule has 0 radical (unpaired) electrons. The molecule has 3 heteroatoms. The lowest BCUT2D eigenvalue weighted by atomic mass is 10.1. The van der Waals surface area contributed by atoms with Crippen molar-refractivity contribution in [2.75, 3.05) is 6.54 Å². The maximum Gasteiger partial charge on any atom is 0.0550 e. The molecule has 0 aliphatic carbocycles. The van der Waals surface area contributed by atoms with Crippen molar-refractivity contribution < 1.29 is 0 Å². The number of nitrogens with zero attached hydrogens (tertiary/aromatic N) is 2. The highest BCUT2D eigenvalue weighted by Gasteiger charge is 2.12. The summed E-state index contributed by atoms with van der Waals surface area (Å²) in [6.45, 7) is 6.85. The quantitative estimate of drug-likeness (QED) is 0.701. The highest BCUT2D eigenvalue weighted by molar-refractivity contribution is 5.06. The van der Waals surface area contributed by atoms with E-state index in [1.165, 1.54) is 5.69 Å². The lowest BCUT2D eigenvalue weighted by Crippen LogP contribution is -2.23. The van der Waals surface area contributed by atoms with Crippen LogP contribution in [0, 0.1) is 0 Å². The van der Waals surface area contributed by atoms with E-state index in [9.17, 15) is 0 Å². The molecule has 0 saturated heterocycles. The molecule has 0 saturated carbocycles. The summed E-state index contributed by atoms with van der Waals surface area (Å²) in [5.74, 6) is 0. The minimum atomic E-state index is 0.394. The zero-order chi connectivity index (χ0) is 10.4. The van der Waals surface area contributed by atoms with Crippen molar-refractivity contribution in [3.8, 4) is 0 Å². The summed E-state index contributed by atoms with van der Waals surface area (Å²) in [5, 5.41) is 7.63. The van der Waals surface area contributed by atoms with E-state index in [1.807, 2.05) is 24.0 Å². The van der Waals surface area contributed by atoms with Gasteiger partial charge in [0.1, 0.15) is 0 Å². The lowest BCUT2D eigenvalue weighted by molar-refractivity contribution is 0.484. The van der Waals surface area contributed by atoms with Gasteiger partial charge in [0.25, 0.3) is 0 Å². The molecule has 0 aliphatic heterocycles. The SMILES string of the molecule is C=CCCC(NCC)c1ccnn1C. The van der Waals surface area contributed by atoms with Crippen LogP contribution in [0.3, 0.4) is 0 Å². The molecule has 1 unspecified atom stereocenters. The van der Waals surface area contributed by atoms with Crippen LogP contribution < -0.4 is 5.32 Å². The summed E-state index contributed by atoms with van der Waals surface area (Å²) in [6.07, 6.45) is 5.91. The Kier molecular flexibility index (Phi) is 4.40. The molecule has 0 aliphatic rings. The molecule has 1 heterocycles. The largest absolute Gasteiger partial charge is 0.309 e. The molecule has 1 aromatic rings. The molecule has 0 fully saturated rings. The van der Waals surface area contributed by atoms with Gasteiger partial charge in [0.15, 0.2) is 0 Å². The summed E-state index contributed by atoms with van der Waals surface area (Å²) in [4.78, 5) is 0. The van der Waals surface area contributed by atoms with Crippen LogP contribution in [0.25, 0.3) is 0 Å². The highest BCUT2D eigenvalue weighted by Crippen LogP contribution is 2.17. The number of allylic oxidation sites excluding steroid dienone is 1. The normalized spacial score (nSPS) is 12.7. The molecule has 1 aromatic heterocycles. The van der Waals surface area contributed by atoms with Gasteiger partial charge >= 0.3 is 0 Å². The van der Waals surface area contributed by atoms with Crippen molar-refractivity contribution in [1.82, 2.24) is 15.1 Å². The molecule has 1 rings (SSSR count). The zero-order valence-corrected chi connectivity index (χ0v) is 9.03. The monoisotopic (exact) mass is 193 g/mol. The van der Waals surface area contributed by atoms with E-state index in [-0.39, 0.29) is 0 Å². The van der Waals surface area contributed by atoms with Gasteiger partial charge in [-0.15, -0.1) is 6.58 Å². The number of aryl methyl sites for hydroxylation is 1. The van der Waals surface area contributed by atoms with E-state index in [4.69, 9.17) is 0 Å². The number of hydrogen-bond donors (Lipinski definition) is 1. The van der Waals surface area contributed by atoms with E-state index < -0.39 is 0 Å². The average molecular weight is 193 g/mol. The number of nitrogens with one attached hydrogen (secondary N) is 1. The number of aromatic nitrogens is 2. The van der Waals surface area contributed by atoms with Crippen molar-refractivity contribution >= 4 is 0 Å². The second-order valence-electron chi connectivity index (χ2n) is 3.36. The van der Waals surface area contributed by atoms with Gasteiger partial charge in [-0.25, -0.2) is 0 Å². The maximum absolute atomic E-state index is 4.18. The van der Waals surface area contributed by atoms with Crippen molar-refractivity contribution in [3.05, 3.63) is 30.6 Å². The maximum atomic E-state index is 4.18. The highest BCUT2D eigenvalue weighted by atomic mass is 15.3. The Bertz CT molecular complexity index is 278. The van der Waals surface area contributed by atoms with Crippen LogP contribution in [0.2, 0.25) is 0 Å². The molecule has 0 aromatic carbocycles. The van der Waals surface area contributed by atoms with Gasteiger partial charge in [0, 0.05) is 19.3 Å². The van der Waals surface area contributed by atoms with Gasteiger partial charge in [-0.3, -0.25) is 4.68 Å². The molecule has 1 N–H and O–H groups in total. The predicted octanol–water partition coefficient (Wildman–Crippen LogP) is 2.04. The molecule has 1 atom stereocenters. The smallest absolute Gasteiger partial charge is 0.0550 e. The topological polar surface area (TPSA) is 29.9 Å². The summed E-state index contributed by atoms with van der Waals surface area (Å²) in [7, 11) is 1.98. The van der Waals surface area contributed by atoms with Crippen molar-refractivity contribution in [3.63, 3.8) is 0 Å². The Balaban J connectivity index is 2.66. The van der Waals surface area contributed by atoms with E-state index in [0.717, 1.165) is 19.4 Å². The first-order chi connectivity index (χ1) is 6.79. The van der Waals surface area contributed by atoms with Gasteiger partial charge in [-0.05, 0) is 25.5 Å². The first kappa shape index (κ1) is 11.0. The van der Waals surface area contributed by atoms with Crippen LogP contribution in [0.1, 0.15) is 31.5 Å². The fraction of sp³-hybridized carbons (Fsp3) is 0.545. The molecule has 0 bridgehead atoms. The van der Waals surface area contributed by atoms with Crippen molar-refractivity contribution in [2.24, 2.45) is 7.05 Å². The van der Waals surface area contributed by atoms with Gasteiger partial charge < -0.3 is 5.32 Å². The van der Waals surface area contributed by atoms with Crippen molar-refractivity contribution in [1.29, 1.82) is 0 Å². The third-order valence-corrected chi connectivity index (χ3v) is 2.33. The fourth-order valence-electron chi connectivity index (χ4n) is 1.61. The van der Waals surface area contributed by atoms with Crippen molar-refractivity contribution in [2.45, 2.75) is 25.8 Å². The number of rotatable bonds is 6. The van der Waals surface area contributed by atoms with Crippen LogP contribution in [0.4, 0.5) is 0 Å². The van der Waals surface area contributed by atoms with Crippen LogP contribution in [-0.2, 0) is 7.05 Å². The van der Waals surface area contributed by atoms with E-state index in [1.54, 1.807) is 0 Å². The predicted molar refractivity (Wildman–Crippen MR) is 59.1 cm³/mol. The second kappa shape index (κ2) is 5.60. The van der Waals surface area contributed by atoms with Crippen LogP contribution in [-0.4, -0.2) is 16.3 Å². The summed E-state index contributed by atoms with van der Waals surface area (Å²) in [6, 6.07) is 2.46. The minimum Gasteiger partial charge on any atom is -0.309 e.